The first-order chi connectivity index (χ1) is 18.4. The molecule has 1 amide bonds. The minimum absolute atomic E-state index is 0.0488. The summed E-state index contributed by atoms with van der Waals surface area (Å²) in [5.74, 6) is -1.56. The summed E-state index contributed by atoms with van der Waals surface area (Å²) in [6.45, 7) is 0.122. The van der Waals surface area contributed by atoms with Gasteiger partial charge in [-0.2, -0.15) is 4.72 Å². The number of benzene rings is 2. The first-order valence-electron chi connectivity index (χ1n) is 11.7. The van der Waals surface area contributed by atoms with Gasteiger partial charge in [0.05, 0.1) is 23.3 Å². The average molecular weight is 594 g/mol. The first kappa shape index (κ1) is 30.2. The predicted octanol–water partition coefficient (Wildman–Crippen LogP) is 2.83. The van der Waals surface area contributed by atoms with Crippen molar-refractivity contribution in [2.45, 2.75) is 30.4 Å². The second-order valence-corrected chi connectivity index (χ2v) is 13.2. The van der Waals surface area contributed by atoms with Crippen LogP contribution >= 0.6 is 11.6 Å². The van der Waals surface area contributed by atoms with Gasteiger partial charge in [0, 0.05) is 36.8 Å². The van der Waals surface area contributed by atoms with Crippen LogP contribution in [-0.4, -0.2) is 63.8 Å². The Morgan fingerprint density at radius 1 is 0.974 bits per heavy atom. The molecule has 1 atom stereocenters. The van der Waals surface area contributed by atoms with Crippen molar-refractivity contribution in [1.82, 2.24) is 14.6 Å². The molecule has 0 bridgehead atoms. The Bertz CT molecular complexity index is 1500. The molecular formula is C26H28ClN3O7S2. The molecule has 0 aliphatic heterocycles. The van der Waals surface area contributed by atoms with E-state index < -0.39 is 43.5 Å². The minimum atomic E-state index is -4.20. The number of aromatic nitrogens is 1. The maximum absolute atomic E-state index is 13.8. The molecule has 0 aliphatic rings. The van der Waals surface area contributed by atoms with Gasteiger partial charge in [-0.25, -0.2) is 21.6 Å². The first-order valence-corrected chi connectivity index (χ1v) is 15.6. The Balaban J connectivity index is 1.95. The number of ether oxygens (including phenoxy) is 1. The summed E-state index contributed by atoms with van der Waals surface area (Å²) < 4.78 is 57.2. The number of carbonyl (C=O) groups is 2. The van der Waals surface area contributed by atoms with Crippen molar-refractivity contribution < 1.29 is 31.2 Å². The fourth-order valence-corrected chi connectivity index (χ4v) is 5.68. The minimum Gasteiger partial charge on any atom is -0.465 e. The number of nitrogens with one attached hydrogen (secondary N) is 1. The molecule has 1 N–H and O–H groups in total. The second kappa shape index (κ2) is 13.2. The van der Waals surface area contributed by atoms with Crippen LogP contribution in [0.2, 0.25) is 5.02 Å². The lowest BCUT2D eigenvalue weighted by atomic mass is 10.1. The van der Waals surface area contributed by atoms with Crippen molar-refractivity contribution in [2.24, 2.45) is 0 Å². The third-order valence-electron chi connectivity index (χ3n) is 5.65. The van der Waals surface area contributed by atoms with Gasteiger partial charge in [-0.05, 0) is 60.0 Å². The van der Waals surface area contributed by atoms with Crippen molar-refractivity contribution >= 4 is 43.3 Å². The third kappa shape index (κ3) is 9.13. The maximum Gasteiger partial charge on any atom is 0.337 e. The molecule has 0 spiro atoms. The smallest absolute Gasteiger partial charge is 0.337 e. The molecule has 0 saturated carbocycles. The zero-order valence-corrected chi connectivity index (χ0v) is 23.7. The van der Waals surface area contributed by atoms with Crippen molar-refractivity contribution in [1.29, 1.82) is 0 Å². The summed E-state index contributed by atoms with van der Waals surface area (Å²) in [4.78, 5) is 31.0. The summed E-state index contributed by atoms with van der Waals surface area (Å²) in [6.07, 6.45) is 3.88. The highest BCUT2D eigenvalue weighted by Gasteiger charge is 2.30. The van der Waals surface area contributed by atoms with E-state index in [4.69, 9.17) is 16.3 Å². The molecule has 0 fully saturated rings. The summed E-state index contributed by atoms with van der Waals surface area (Å²) in [5.41, 5.74) is 1.66. The third-order valence-corrected chi connectivity index (χ3v) is 8.37. The highest BCUT2D eigenvalue weighted by molar-refractivity contribution is 7.90. The number of hydrogen-bond acceptors (Lipinski definition) is 8. The predicted molar refractivity (Wildman–Crippen MR) is 146 cm³/mol. The number of sulfonamides is 1. The van der Waals surface area contributed by atoms with E-state index >= 15 is 0 Å². The van der Waals surface area contributed by atoms with E-state index in [0.29, 0.717) is 21.7 Å². The van der Waals surface area contributed by atoms with E-state index in [0.717, 1.165) is 6.26 Å². The van der Waals surface area contributed by atoms with E-state index in [9.17, 15) is 26.4 Å². The molecule has 39 heavy (non-hydrogen) atoms. The maximum atomic E-state index is 13.8. The van der Waals surface area contributed by atoms with Gasteiger partial charge in [0.25, 0.3) is 0 Å². The molecule has 0 aliphatic carbocycles. The fraction of sp³-hybridized carbons (Fsp3) is 0.269. The van der Waals surface area contributed by atoms with E-state index in [1.54, 1.807) is 48.8 Å². The van der Waals surface area contributed by atoms with Gasteiger partial charge in [0.1, 0.15) is 15.9 Å². The number of amides is 1. The average Bonchev–Trinajstić information content (AvgIpc) is 2.90. The normalized spacial score (nSPS) is 12.5. The molecule has 208 valence electrons. The molecule has 3 aromatic rings. The van der Waals surface area contributed by atoms with Gasteiger partial charge >= 0.3 is 5.97 Å². The molecule has 2 aromatic carbocycles. The highest BCUT2D eigenvalue weighted by atomic mass is 35.5. The van der Waals surface area contributed by atoms with Crippen LogP contribution < -0.4 is 4.72 Å². The summed E-state index contributed by atoms with van der Waals surface area (Å²) >= 11 is 5.88. The molecule has 0 unspecified atom stereocenters. The lowest BCUT2D eigenvalue weighted by Crippen LogP contribution is -2.48. The van der Waals surface area contributed by atoms with E-state index in [1.807, 2.05) is 0 Å². The number of methoxy groups -OCH3 is 1. The number of hydrogen-bond donors (Lipinski definition) is 1. The van der Waals surface area contributed by atoms with E-state index in [1.165, 1.54) is 36.3 Å². The fourth-order valence-electron chi connectivity index (χ4n) is 3.66. The summed E-state index contributed by atoms with van der Waals surface area (Å²) in [7, 11) is -6.45. The lowest BCUT2D eigenvalue weighted by molar-refractivity contribution is -0.134. The number of halogens is 1. The Kier molecular flexibility index (Phi) is 10.2. The van der Waals surface area contributed by atoms with Crippen molar-refractivity contribution in [2.75, 3.05) is 19.1 Å². The standard InChI is InChI=1S/C26H28ClN3O7S2/c1-37-26(32)21-7-5-19(6-8-21)17-30(18-20-4-3-14-28-16-20)25(31)24(13-15-38(2,33)34)29-39(35,36)23-11-9-22(27)10-12-23/h3-12,14,16,24,29H,13,15,17-18H2,1-2H3/t24-/m0/s1. The molecule has 1 heterocycles. The topological polar surface area (TPSA) is 140 Å². The quantitative estimate of drug-likeness (QED) is 0.316. The zero-order valence-electron chi connectivity index (χ0n) is 21.3. The highest BCUT2D eigenvalue weighted by Crippen LogP contribution is 2.18. The van der Waals surface area contributed by atoms with Gasteiger partial charge in [-0.1, -0.05) is 29.8 Å². The van der Waals surface area contributed by atoms with E-state index in [2.05, 4.69) is 9.71 Å². The zero-order chi connectivity index (χ0) is 28.6. The van der Waals surface area contributed by atoms with Crippen LogP contribution in [0, 0.1) is 0 Å². The number of rotatable bonds is 12. The number of sulfone groups is 1. The summed E-state index contributed by atoms with van der Waals surface area (Å²) in [5, 5.41) is 0.333. The molecule has 0 saturated heterocycles. The van der Waals surface area contributed by atoms with Crippen LogP contribution in [0.4, 0.5) is 0 Å². The van der Waals surface area contributed by atoms with Gasteiger partial charge in [0.2, 0.25) is 15.9 Å². The van der Waals surface area contributed by atoms with Gasteiger partial charge < -0.3 is 9.64 Å². The number of esters is 1. The number of carbonyl (C=O) groups excluding carboxylic acids is 2. The molecule has 13 heteroatoms. The summed E-state index contributed by atoms with van der Waals surface area (Å²) in [6, 6.07) is 13.9. The van der Waals surface area contributed by atoms with E-state index in [-0.39, 0.29) is 24.4 Å². The van der Waals surface area contributed by atoms with Crippen LogP contribution in [-0.2, 0) is 42.5 Å². The number of pyridine rings is 1. The Labute approximate surface area is 232 Å². The monoisotopic (exact) mass is 593 g/mol. The largest absolute Gasteiger partial charge is 0.465 e. The van der Waals surface area contributed by atoms with Crippen LogP contribution in [0.3, 0.4) is 0 Å². The van der Waals surface area contributed by atoms with Gasteiger partial charge in [-0.15, -0.1) is 0 Å². The molecule has 3 rings (SSSR count). The lowest BCUT2D eigenvalue weighted by Gasteiger charge is -2.28. The molecular weight excluding hydrogens is 566 g/mol. The Morgan fingerprint density at radius 2 is 1.62 bits per heavy atom. The molecule has 1 aromatic heterocycles. The van der Waals surface area contributed by atoms with Gasteiger partial charge in [0.15, 0.2) is 0 Å². The Hall–Kier alpha value is -3.32. The SMILES string of the molecule is COC(=O)c1ccc(CN(Cc2cccnc2)C(=O)[C@H](CCS(C)(=O)=O)NS(=O)(=O)c2ccc(Cl)cc2)cc1. The van der Waals surface area contributed by atoms with Gasteiger partial charge in [-0.3, -0.25) is 9.78 Å². The number of nitrogens with zero attached hydrogens (tertiary/aromatic N) is 2. The van der Waals surface area contributed by atoms with Crippen LogP contribution in [0.5, 0.6) is 0 Å². The van der Waals surface area contributed by atoms with Crippen molar-refractivity contribution in [3.63, 3.8) is 0 Å². The van der Waals surface area contributed by atoms with Crippen molar-refractivity contribution in [3.8, 4) is 0 Å². The molecule has 0 radical (unpaired) electrons. The Morgan fingerprint density at radius 3 is 2.18 bits per heavy atom. The second-order valence-electron chi connectivity index (χ2n) is 8.79. The van der Waals surface area contributed by atoms with Crippen LogP contribution in [0.1, 0.15) is 27.9 Å². The van der Waals surface area contributed by atoms with Crippen LogP contribution in [0.15, 0.2) is 78.0 Å². The van der Waals surface area contributed by atoms with Crippen molar-refractivity contribution in [3.05, 3.63) is 94.8 Å². The molecule has 10 nitrogen and oxygen atoms in total. The van der Waals surface area contributed by atoms with Crippen LogP contribution in [0.25, 0.3) is 0 Å².